The van der Waals surface area contributed by atoms with E-state index in [4.69, 9.17) is 9.47 Å². The number of carbonyl (C=O) groups excluding carboxylic acids is 5. The Hall–Kier alpha value is -2.65. The minimum Gasteiger partial charge on any atom is -0.454 e. The van der Waals surface area contributed by atoms with E-state index in [1.165, 1.54) is 0 Å². The average Bonchev–Trinajstić information content (AvgIpc) is 2.98. The third-order valence-electron chi connectivity index (χ3n) is 5.97. The number of hydrogen-bond donors (Lipinski definition) is 1. The fourth-order valence-corrected chi connectivity index (χ4v) is 4.40. The number of likely N-dealkylation sites (tertiary alicyclic amines) is 2. The number of esters is 1. The molecule has 1 N–H and O–H groups in total. The molecule has 10 nitrogen and oxygen atoms in total. The average molecular weight is 423 g/mol. The Bertz CT molecular complexity index is 679. The van der Waals surface area contributed by atoms with Crippen molar-refractivity contribution in [3.8, 4) is 0 Å². The first kappa shape index (κ1) is 22.0. The fraction of sp³-hybridized carbons (Fsp3) is 0.750. The van der Waals surface area contributed by atoms with Gasteiger partial charge in [0, 0.05) is 19.1 Å². The molecule has 3 fully saturated rings. The lowest BCUT2D eigenvalue weighted by molar-refractivity contribution is -0.155. The summed E-state index contributed by atoms with van der Waals surface area (Å²) in [6.45, 7) is 2.09. The van der Waals surface area contributed by atoms with Crippen LogP contribution in [0.1, 0.15) is 45.4 Å². The van der Waals surface area contributed by atoms with Crippen LogP contribution in [0.5, 0.6) is 0 Å². The number of fused-ring (bicyclic) bond motifs is 1. The number of ether oxygens (including phenoxy) is 2. The van der Waals surface area contributed by atoms with Gasteiger partial charge in [0.15, 0.2) is 6.61 Å². The highest BCUT2D eigenvalue weighted by Gasteiger charge is 2.48. The summed E-state index contributed by atoms with van der Waals surface area (Å²) in [7, 11) is 0. The van der Waals surface area contributed by atoms with Gasteiger partial charge in [-0.3, -0.25) is 24.1 Å². The molecular formula is C20H29N3O7. The number of hydrogen-bond acceptors (Lipinski definition) is 7. The number of imide groups is 1. The van der Waals surface area contributed by atoms with Crippen molar-refractivity contribution >= 4 is 29.8 Å². The van der Waals surface area contributed by atoms with Gasteiger partial charge in [0.2, 0.25) is 11.8 Å². The van der Waals surface area contributed by atoms with E-state index in [0.717, 1.165) is 17.7 Å². The van der Waals surface area contributed by atoms with Crippen LogP contribution in [-0.4, -0.2) is 78.5 Å². The van der Waals surface area contributed by atoms with Gasteiger partial charge in [0.25, 0.3) is 5.91 Å². The van der Waals surface area contributed by atoms with E-state index in [-0.39, 0.29) is 35.8 Å². The first-order chi connectivity index (χ1) is 14.4. The second-order valence-corrected chi connectivity index (χ2v) is 7.95. The molecule has 2 saturated heterocycles. The normalized spacial score (nSPS) is 24.4. The molecule has 2 atom stereocenters. The predicted molar refractivity (Wildman–Crippen MR) is 103 cm³/mol. The molecule has 0 aromatic heterocycles. The van der Waals surface area contributed by atoms with E-state index < -0.39 is 25.0 Å². The zero-order chi connectivity index (χ0) is 21.7. The largest absolute Gasteiger partial charge is 0.454 e. The molecule has 0 aromatic rings. The summed E-state index contributed by atoms with van der Waals surface area (Å²) in [6.07, 6.45) is 3.99. The topological polar surface area (TPSA) is 122 Å². The van der Waals surface area contributed by atoms with Crippen molar-refractivity contribution in [2.45, 2.75) is 51.5 Å². The molecule has 0 aromatic carbocycles. The third kappa shape index (κ3) is 5.09. The van der Waals surface area contributed by atoms with Crippen LogP contribution in [0.3, 0.4) is 0 Å². The smallest absolute Gasteiger partial charge is 0.409 e. The zero-order valence-corrected chi connectivity index (χ0v) is 17.3. The number of amides is 4. The van der Waals surface area contributed by atoms with Gasteiger partial charge in [-0.2, -0.15) is 0 Å². The van der Waals surface area contributed by atoms with Gasteiger partial charge >= 0.3 is 12.1 Å². The van der Waals surface area contributed by atoms with Gasteiger partial charge in [0.05, 0.1) is 18.4 Å². The number of piperidine rings is 1. The maximum Gasteiger partial charge on any atom is 0.409 e. The summed E-state index contributed by atoms with van der Waals surface area (Å²) in [5.74, 6) is -2.47. The van der Waals surface area contributed by atoms with Crippen molar-refractivity contribution in [2.24, 2.45) is 11.8 Å². The maximum atomic E-state index is 12.4. The third-order valence-corrected chi connectivity index (χ3v) is 5.97. The zero-order valence-electron chi connectivity index (χ0n) is 17.3. The number of carbonyl (C=O) groups is 5. The maximum absolute atomic E-state index is 12.4. The highest BCUT2D eigenvalue weighted by Crippen LogP contribution is 2.37. The standard InChI is InChI=1S/C20H29N3O7/c1-2-29-20(28)22-9-7-13(8-10-22)21-16(24)12-30-17(25)11-23-18(26)14-5-3-4-6-15(14)19(23)27/h13-15H,2-12H2,1H3,(H,21,24). The lowest BCUT2D eigenvalue weighted by atomic mass is 9.81. The molecule has 0 spiro atoms. The number of rotatable bonds is 6. The van der Waals surface area contributed by atoms with Crippen LogP contribution >= 0.6 is 0 Å². The van der Waals surface area contributed by atoms with E-state index in [1.807, 2.05) is 0 Å². The lowest BCUT2D eigenvalue weighted by Gasteiger charge is -2.31. The molecule has 2 heterocycles. The molecule has 1 saturated carbocycles. The van der Waals surface area contributed by atoms with Crippen LogP contribution in [0.2, 0.25) is 0 Å². The van der Waals surface area contributed by atoms with Crippen LogP contribution in [0.15, 0.2) is 0 Å². The van der Waals surface area contributed by atoms with Gasteiger partial charge < -0.3 is 19.7 Å². The Labute approximate surface area is 175 Å². The van der Waals surface area contributed by atoms with E-state index in [9.17, 15) is 24.0 Å². The second kappa shape index (κ2) is 9.90. The number of nitrogens with zero attached hydrogens (tertiary/aromatic N) is 2. The fourth-order valence-electron chi connectivity index (χ4n) is 4.40. The molecule has 4 amide bonds. The Morgan fingerprint density at radius 1 is 0.967 bits per heavy atom. The summed E-state index contributed by atoms with van der Waals surface area (Å²) in [4.78, 5) is 63.1. The minimum atomic E-state index is -0.775. The Balaban J connectivity index is 1.37. The van der Waals surface area contributed by atoms with Crippen molar-refractivity contribution in [2.75, 3.05) is 32.8 Å². The molecule has 2 unspecified atom stereocenters. The Morgan fingerprint density at radius 3 is 2.13 bits per heavy atom. The Kier molecular flexibility index (Phi) is 7.28. The van der Waals surface area contributed by atoms with Crippen molar-refractivity contribution in [1.82, 2.24) is 15.1 Å². The summed E-state index contributed by atoms with van der Waals surface area (Å²) in [5.41, 5.74) is 0. The molecule has 0 radical (unpaired) electrons. The highest BCUT2D eigenvalue weighted by atomic mass is 16.6. The molecule has 10 heteroatoms. The molecule has 2 aliphatic heterocycles. The van der Waals surface area contributed by atoms with E-state index in [0.29, 0.717) is 45.4 Å². The highest BCUT2D eigenvalue weighted by molar-refractivity contribution is 6.07. The van der Waals surface area contributed by atoms with Gasteiger partial charge in [-0.15, -0.1) is 0 Å². The lowest BCUT2D eigenvalue weighted by Crippen LogP contribution is -2.47. The van der Waals surface area contributed by atoms with E-state index in [1.54, 1.807) is 11.8 Å². The first-order valence-corrected chi connectivity index (χ1v) is 10.6. The molecule has 30 heavy (non-hydrogen) atoms. The van der Waals surface area contributed by atoms with Gasteiger partial charge in [-0.1, -0.05) is 12.8 Å². The Morgan fingerprint density at radius 2 is 1.57 bits per heavy atom. The SMILES string of the molecule is CCOC(=O)N1CCC(NC(=O)COC(=O)CN2C(=O)C3CCCCC3C2=O)CC1. The number of nitrogens with one attached hydrogen (secondary N) is 1. The van der Waals surface area contributed by atoms with Crippen molar-refractivity contribution in [3.63, 3.8) is 0 Å². The van der Waals surface area contributed by atoms with Crippen LogP contribution in [0.25, 0.3) is 0 Å². The summed E-state index contributed by atoms with van der Waals surface area (Å²) in [6, 6.07) is -0.119. The van der Waals surface area contributed by atoms with E-state index in [2.05, 4.69) is 5.32 Å². The molecule has 166 valence electrons. The first-order valence-electron chi connectivity index (χ1n) is 10.6. The second-order valence-electron chi connectivity index (χ2n) is 7.95. The molecule has 3 aliphatic rings. The van der Waals surface area contributed by atoms with Gasteiger partial charge in [0.1, 0.15) is 6.54 Å². The molecule has 3 rings (SSSR count). The summed E-state index contributed by atoms with van der Waals surface area (Å²) in [5, 5.41) is 2.78. The van der Waals surface area contributed by atoms with Gasteiger partial charge in [-0.05, 0) is 32.6 Å². The molecule has 0 bridgehead atoms. The van der Waals surface area contributed by atoms with Crippen LogP contribution in [0.4, 0.5) is 4.79 Å². The van der Waals surface area contributed by atoms with Crippen molar-refractivity contribution in [3.05, 3.63) is 0 Å². The van der Waals surface area contributed by atoms with Crippen LogP contribution < -0.4 is 5.32 Å². The summed E-state index contributed by atoms with van der Waals surface area (Å²) >= 11 is 0. The van der Waals surface area contributed by atoms with Gasteiger partial charge in [-0.25, -0.2) is 4.79 Å². The van der Waals surface area contributed by atoms with Crippen molar-refractivity contribution in [1.29, 1.82) is 0 Å². The summed E-state index contributed by atoms with van der Waals surface area (Å²) < 4.78 is 9.92. The van der Waals surface area contributed by atoms with Crippen molar-refractivity contribution < 1.29 is 33.4 Å². The minimum absolute atomic E-state index is 0.119. The van der Waals surface area contributed by atoms with Crippen LogP contribution in [0, 0.1) is 11.8 Å². The molecule has 1 aliphatic carbocycles. The van der Waals surface area contributed by atoms with Crippen LogP contribution in [-0.2, 0) is 28.7 Å². The predicted octanol–water partition coefficient (Wildman–Crippen LogP) is 0.442. The quantitative estimate of drug-likeness (QED) is 0.486. The molecular weight excluding hydrogens is 394 g/mol. The van der Waals surface area contributed by atoms with E-state index >= 15 is 0 Å². The monoisotopic (exact) mass is 423 g/mol.